The Balaban J connectivity index is 1.73. The van der Waals surface area contributed by atoms with Gasteiger partial charge in [0.1, 0.15) is 5.75 Å². The molecule has 1 saturated carbocycles. The third kappa shape index (κ3) is 4.26. The van der Waals surface area contributed by atoms with E-state index in [1.54, 1.807) is 6.08 Å². The number of likely N-dealkylation sites (tertiary alicyclic amines) is 1. The number of benzene rings is 1. The molecule has 1 amide bonds. The van der Waals surface area contributed by atoms with E-state index in [1.165, 1.54) is 25.7 Å². The van der Waals surface area contributed by atoms with E-state index < -0.39 is 5.97 Å². The van der Waals surface area contributed by atoms with E-state index in [2.05, 4.69) is 0 Å². The molecule has 1 aromatic carbocycles. The molecule has 1 saturated heterocycles. The molecule has 5 heteroatoms. The van der Waals surface area contributed by atoms with Crippen LogP contribution in [0.2, 0.25) is 0 Å². The van der Waals surface area contributed by atoms with Gasteiger partial charge in [-0.25, -0.2) is 4.79 Å². The van der Waals surface area contributed by atoms with Gasteiger partial charge in [-0.1, -0.05) is 31.0 Å². The second-order valence-electron chi connectivity index (χ2n) is 7.23. The Labute approximate surface area is 154 Å². The van der Waals surface area contributed by atoms with Crippen LogP contribution in [0.1, 0.15) is 44.6 Å². The van der Waals surface area contributed by atoms with Crippen LogP contribution in [-0.4, -0.2) is 41.6 Å². The number of carbonyl (C=O) groups excluding carboxylic acids is 1. The predicted octanol–water partition coefficient (Wildman–Crippen LogP) is 3.59. The molecule has 2 aliphatic rings. The van der Waals surface area contributed by atoms with Gasteiger partial charge in [0, 0.05) is 24.2 Å². The maximum atomic E-state index is 12.7. The van der Waals surface area contributed by atoms with Gasteiger partial charge < -0.3 is 14.7 Å². The quantitative estimate of drug-likeness (QED) is 0.790. The Kier molecular flexibility index (Phi) is 5.96. The number of amides is 1. The van der Waals surface area contributed by atoms with Crippen LogP contribution in [-0.2, 0) is 9.59 Å². The highest BCUT2D eigenvalue weighted by Crippen LogP contribution is 2.36. The molecule has 2 fully saturated rings. The average molecular weight is 357 g/mol. The van der Waals surface area contributed by atoms with E-state index in [9.17, 15) is 14.7 Å². The van der Waals surface area contributed by atoms with E-state index in [0.717, 1.165) is 13.1 Å². The van der Waals surface area contributed by atoms with Crippen molar-refractivity contribution in [1.29, 1.82) is 0 Å². The fraction of sp³-hybridized carbons (Fsp3) is 0.524. The first-order valence-electron chi connectivity index (χ1n) is 9.52. The molecule has 0 bridgehead atoms. The van der Waals surface area contributed by atoms with E-state index in [1.807, 2.05) is 36.1 Å². The topological polar surface area (TPSA) is 66.8 Å². The first kappa shape index (κ1) is 18.5. The van der Waals surface area contributed by atoms with Crippen LogP contribution >= 0.6 is 0 Å². The van der Waals surface area contributed by atoms with Gasteiger partial charge >= 0.3 is 5.97 Å². The number of carboxylic acids is 1. The number of nitrogens with zero attached hydrogens (tertiary/aromatic N) is 1. The molecular weight excluding hydrogens is 330 g/mol. The van der Waals surface area contributed by atoms with Crippen molar-refractivity contribution < 1.29 is 19.4 Å². The number of hydrogen-bond donors (Lipinski definition) is 1. The van der Waals surface area contributed by atoms with Crippen molar-refractivity contribution in [2.75, 3.05) is 19.7 Å². The number of hydrogen-bond acceptors (Lipinski definition) is 3. The monoisotopic (exact) mass is 357 g/mol. The van der Waals surface area contributed by atoms with Crippen LogP contribution in [0.15, 0.2) is 29.8 Å². The highest BCUT2D eigenvalue weighted by molar-refractivity contribution is 5.98. The van der Waals surface area contributed by atoms with Crippen LogP contribution < -0.4 is 4.74 Å². The van der Waals surface area contributed by atoms with Gasteiger partial charge in [0.05, 0.1) is 13.0 Å². The van der Waals surface area contributed by atoms with Crippen LogP contribution in [0.5, 0.6) is 5.75 Å². The first-order valence-corrected chi connectivity index (χ1v) is 9.52. The van der Waals surface area contributed by atoms with E-state index in [0.29, 0.717) is 29.8 Å². The van der Waals surface area contributed by atoms with Crippen molar-refractivity contribution in [3.05, 3.63) is 35.4 Å². The highest BCUT2D eigenvalue weighted by Gasteiger charge is 2.36. The number of aliphatic carboxylic acids is 1. The smallest absolute Gasteiger partial charge is 0.332 e. The lowest BCUT2D eigenvalue weighted by Gasteiger charge is -2.22. The summed E-state index contributed by atoms with van der Waals surface area (Å²) in [5.74, 6) is 0.698. The molecule has 140 valence electrons. The van der Waals surface area contributed by atoms with Crippen molar-refractivity contribution in [1.82, 2.24) is 4.90 Å². The van der Waals surface area contributed by atoms with Crippen LogP contribution in [0, 0.1) is 11.8 Å². The molecule has 1 heterocycles. The summed E-state index contributed by atoms with van der Waals surface area (Å²) in [7, 11) is 0. The molecule has 26 heavy (non-hydrogen) atoms. The number of carboxylic acid groups (broad SMARTS) is 1. The number of rotatable bonds is 6. The molecule has 1 aromatic rings. The Morgan fingerprint density at radius 1 is 1.19 bits per heavy atom. The van der Waals surface area contributed by atoms with Gasteiger partial charge in [-0.15, -0.1) is 0 Å². The third-order valence-electron chi connectivity index (χ3n) is 5.49. The molecule has 3 rings (SSSR count). The van der Waals surface area contributed by atoms with Crippen molar-refractivity contribution in [2.45, 2.75) is 39.0 Å². The summed E-state index contributed by atoms with van der Waals surface area (Å²) in [6.45, 7) is 3.95. The lowest BCUT2D eigenvalue weighted by molar-refractivity contribution is -0.136. The molecule has 0 aromatic heterocycles. The molecule has 1 N–H and O–H groups in total. The summed E-state index contributed by atoms with van der Waals surface area (Å²) < 4.78 is 5.55. The second kappa shape index (κ2) is 8.39. The minimum absolute atomic E-state index is 0.0742. The zero-order chi connectivity index (χ0) is 18.5. The zero-order valence-electron chi connectivity index (χ0n) is 15.3. The summed E-state index contributed by atoms with van der Waals surface area (Å²) in [6, 6.07) is 7.30. The third-order valence-corrected chi connectivity index (χ3v) is 5.49. The molecule has 2 unspecified atom stereocenters. The Hall–Kier alpha value is -2.30. The van der Waals surface area contributed by atoms with Gasteiger partial charge in [-0.2, -0.15) is 0 Å². The summed E-state index contributed by atoms with van der Waals surface area (Å²) in [6.07, 6.45) is 6.37. The van der Waals surface area contributed by atoms with Crippen LogP contribution in [0.4, 0.5) is 0 Å². The molecule has 0 spiro atoms. The van der Waals surface area contributed by atoms with E-state index in [4.69, 9.17) is 4.74 Å². The lowest BCUT2D eigenvalue weighted by atomic mass is 9.82. The number of fused-ring (bicyclic) bond motifs is 1. The Morgan fingerprint density at radius 3 is 2.46 bits per heavy atom. The largest absolute Gasteiger partial charge is 0.493 e. The molecule has 2 atom stereocenters. The zero-order valence-corrected chi connectivity index (χ0v) is 15.3. The van der Waals surface area contributed by atoms with E-state index in [-0.39, 0.29) is 17.9 Å². The summed E-state index contributed by atoms with van der Waals surface area (Å²) in [5.41, 5.74) is 0.798. The SMILES string of the molecule is CCOc1ccccc1C=C(CC(=O)N1CC2CCCCC2C1)C(=O)O. The molecule has 0 radical (unpaired) electrons. The minimum atomic E-state index is -1.05. The maximum absolute atomic E-state index is 12.7. The second-order valence-corrected chi connectivity index (χ2v) is 7.23. The van der Waals surface area contributed by atoms with Crippen LogP contribution in [0.25, 0.3) is 6.08 Å². The molecule has 1 aliphatic carbocycles. The summed E-state index contributed by atoms with van der Waals surface area (Å²) >= 11 is 0. The first-order chi connectivity index (χ1) is 12.6. The van der Waals surface area contributed by atoms with E-state index >= 15 is 0 Å². The van der Waals surface area contributed by atoms with Crippen molar-refractivity contribution in [2.24, 2.45) is 11.8 Å². The Morgan fingerprint density at radius 2 is 1.85 bits per heavy atom. The highest BCUT2D eigenvalue weighted by atomic mass is 16.5. The number of para-hydroxylation sites is 1. The van der Waals surface area contributed by atoms with Gasteiger partial charge in [-0.05, 0) is 43.7 Å². The van der Waals surface area contributed by atoms with Gasteiger partial charge in [-0.3, -0.25) is 4.79 Å². The van der Waals surface area contributed by atoms with Gasteiger partial charge in [0.15, 0.2) is 0 Å². The van der Waals surface area contributed by atoms with Crippen molar-refractivity contribution in [3.8, 4) is 5.75 Å². The summed E-state index contributed by atoms with van der Waals surface area (Å²) in [5, 5.41) is 9.57. The number of carbonyl (C=O) groups is 2. The minimum Gasteiger partial charge on any atom is -0.493 e. The summed E-state index contributed by atoms with van der Waals surface area (Å²) in [4.78, 5) is 26.3. The molecular formula is C21H27NO4. The lowest BCUT2D eigenvalue weighted by Crippen LogP contribution is -2.29. The Bertz CT molecular complexity index is 683. The van der Waals surface area contributed by atoms with Crippen molar-refractivity contribution >= 4 is 18.0 Å². The fourth-order valence-corrected chi connectivity index (χ4v) is 4.15. The van der Waals surface area contributed by atoms with Gasteiger partial charge in [0.25, 0.3) is 0 Å². The standard InChI is InChI=1S/C21H27NO4/c1-2-26-19-10-6-5-7-15(19)11-18(21(24)25)12-20(23)22-13-16-8-3-4-9-17(16)14-22/h5-7,10-11,16-17H,2-4,8-9,12-14H2,1H3,(H,24,25). The maximum Gasteiger partial charge on any atom is 0.332 e. The number of ether oxygens (including phenoxy) is 1. The van der Waals surface area contributed by atoms with Crippen molar-refractivity contribution in [3.63, 3.8) is 0 Å². The van der Waals surface area contributed by atoms with Crippen LogP contribution in [0.3, 0.4) is 0 Å². The predicted molar refractivity (Wildman–Crippen MR) is 99.9 cm³/mol. The van der Waals surface area contributed by atoms with Gasteiger partial charge in [0.2, 0.25) is 5.91 Å². The normalized spacial score (nSPS) is 22.8. The molecule has 5 nitrogen and oxygen atoms in total. The average Bonchev–Trinajstić information content (AvgIpc) is 3.07. The fourth-order valence-electron chi connectivity index (χ4n) is 4.15. The molecule has 1 aliphatic heterocycles.